The number of nitrogens with one attached hydrogen (secondary N) is 2. The Morgan fingerprint density at radius 2 is 2.00 bits per heavy atom. The van der Waals surface area contributed by atoms with Crippen LogP contribution in [0.15, 0.2) is 29.3 Å². The van der Waals surface area contributed by atoms with Crippen molar-refractivity contribution in [3.63, 3.8) is 0 Å². The number of hydrogen-bond acceptors (Lipinski definition) is 3. The van der Waals surface area contributed by atoms with Gasteiger partial charge in [0.2, 0.25) is 0 Å². The summed E-state index contributed by atoms with van der Waals surface area (Å²) in [4.78, 5) is 4.25. The van der Waals surface area contributed by atoms with Gasteiger partial charge < -0.3 is 20.1 Å². The predicted molar refractivity (Wildman–Crippen MR) is 105 cm³/mol. The number of nitrogens with zero attached hydrogens (tertiary/aromatic N) is 1. The van der Waals surface area contributed by atoms with Gasteiger partial charge in [-0.05, 0) is 11.6 Å². The second kappa shape index (κ2) is 10.3. The van der Waals surface area contributed by atoms with E-state index >= 15 is 0 Å². The van der Waals surface area contributed by atoms with E-state index in [0.717, 1.165) is 42.6 Å². The first kappa shape index (κ1) is 20.5. The van der Waals surface area contributed by atoms with E-state index in [-0.39, 0.29) is 29.6 Å². The van der Waals surface area contributed by atoms with Crippen molar-refractivity contribution in [2.24, 2.45) is 4.99 Å². The largest absolute Gasteiger partial charge is 0.381 e. The molecule has 1 heterocycles. The van der Waals surface area contributed by atoms with Crippen LogP contribution in [0.3, 0.4) is 0 Å². The highest BCUT2D eigenvalue weighted by Crippen LogP contribution is 2.23. The Labute approximate surface area is 160 Å². The van der Waals surface area contributed by atoms with Crippen LogP contribution in [-0.4, -0.2) is 45.5 Å². The topological polar surface area (TPSA) is 54.9 Å². The van der Waals surface area contributed by atoms with Crippen molar-refractivity contribution in [3.8, 4) is 0 Å². The molecule has 0 unspecified atom stereocenters. The fourth-order valence-corrected chi connectivity index (χ4v) is 2.69. The Hall–Kier alpha value is -0.570. The molecular weight excluding hydrogens is 429 g/mol. The fourth-order valence-electron chi connectivity index (χ4n) is 2.48. The van der Waals surface area contributed by atoms with E-state index in [1.54, 1.807) is 14.2 Å². The molecule has 0 spiro atoms. The number of halogens is 2. The summed E-state index contributed by atoms with van der Waals surface area (Å²) in [5, 5.41) is 7.36. The quantitative estimate of drug-likeness (QED) is 0.409. The molecule has 1 aliphatic rings. The number of rotatable bonds is 5. The van der Waals surface area contributed by atoms with Gasteiger partial charge >= 0.3 is 0 Å². The molecule has 0 aromatic heterocycles. The van der Waals surface area contributed by atoms with Gasteiger partial charge in [0.05, 0.1) is 5.60 Å². The molecule has 2 rings (SSSR count). The third-order valence-electron chi connectivity index (χ3n) is 4.04. The van der Waals surface area contributed by atoms with Gasteiger partial charge in [-0.1, -0.05) is 29.8 Å². The van der Waals surface area contributed by atoms with E-state index in [1.807, 2.05) is 24.3 Å². The number of hydrogen-bond donors (Lipinski definition) is 2. The lowest BCUT2D eigenvalue weighted by Gasteiger charge is -2.36. The van der Waals surface area contributed by atoms with E-state index < -0.39 is 0 Å². The summed E-state index contributed by atoms with van der Waals surface area (Å²) in [6, 6.07) is 7.78. The molecule has 7 heteroatoms. The van der Waals surface area contributed by atoms with E-state index in [2.05, 4.69) is 15.6 Å². The lowest BCUT2D eigenvalue weighted by molar-refractivity contribution is -0.0855. The van der Waals surface area contributed by atoms with Crippen LogP contribution in [-0.2, 0) is 16.0 Å². The molecule has 1 fully saturated rings. The lowest BCUT2D eigenvalue weighted by Crippen LogP contribution is -2.50. The molecule has 2 N–H and O–H groups in total. The van der Waals surface area contributed by atoms with Gasteiger partial charge in [0.25, 0.3) is 0 Å². The maximum atomic E-state index is 6.16. The van der Waals surface area contributed by atoms with Crippen LogP contribution in [0.4, 0.5) is 0 Å². The van der Waals surface area contributed by atoms with Gasteiger partial charge in [0, 0.05) is 58.3 Å². The molecule has 0 aliphatic carbocycles. The first-order chi connectivity index (χ1) is 10.7. The molecule has 5 nitrogen and oxygen atoms in total. The normalized spacial score (nSPS) is 17.3. The summed E-state index contributed by atoms with van der Waals surface area (Å²) in [5.74, 6) is 0.739. The van der Waals surface area contributed by atoms with Crippen molar-refractivity contribution < 1.29 is 9.47 Å². The van der Waals surface area contributed by atoms with Gasteiger partial charge in [0.1, 0.15) is 0 Å². The first-order valence-electron chi connectivity index (χ1n) is 7.50. The summed E-state index contributed by atoms with van der Waals surface area (Å²) in [5.41, 5.74) is 0.861. The third kappa shape index (κ3) is 6.10. The minimum absolute atomic E-state index is 0. The maximum absolute atomic E-state index is 6.16. The zero-order chi connectivity index (χ0) is 15.8. The molecule has 0 saturated carbocycles. The average Bonchev–Trinajstić information content (AvgIpc) is 2.57. The number of methoxy groups -OCH3 is 1. The molecule has 1 aromatic rings. The van der Waals surface area contributed by atoms with Crippen LogP contribution in [0.5, 0.6) is 0 Å². The molecule has 130 valence electrons. The van der Waals surface area contributed by atoms with Crippen molar-refractivity contribution >= 4 is 41.5 Å². The van der Waals surface area contributed by atoms with Gasteiger partial charge in [-0.25, -0.2) is 0 Å². The minimum atomic E-state index is -0.180. The molecule has 23 heavy (non-hydrogen) atoms. The Kier molecular flexibility index (Phi) is 9.19. The Balaban J connectivity index is 0.00000264. The van der Waals surface area contributed by atoms with E-state index in [9.17, 15) is 0 Å². The van der Waals surface area contributed by atoms with E-state index in [4.69, 9.17) is 21.1 Å². The SMILES string of the molecule is CN=C(NCc1ccccc1Cl)NCC1(OC)CCOCC1.I. The Morgan fingerprint density at radius 1 is 1.30 bits per heavy atom. The van der Waals surface area contributed by atoms with Crippen molar-refractivity contribution in [2.45, 2.75) is 25.0 Å². The predicted octanol–water partition coefficient (Wildman–Crippen LogP) is 2.82. The molecular formula is C16H25ClIN3O2. The summed E-state index contributed by atoms with van der Waals surface area (Å²) < 4.78 is 11.1. The molecule has 1 aliphatic heterocycles. The molecule has 0 amide bonds. The zero-order valence-electron chi connectivity index (χ0n) is 13.6. The number of ether oxygens (including phenoxy) is 2. The van der Waals surface area contributed by atoms with Crippen LogP contribution >= 0.6 is 35.6 Å². The third-order valence-corrected chi connectivity index (χ3v) is 4.41. The second-order valence-electron chi connectivity index (χ2n) is 5.37. The van der Waals surface area contributed by atoms with Crippen LogP contribution in [0.25, 0.3) is 0 Å². The zero-order valence-corrected chi connectivity index (χ0v) is 16.7. The minimum Gasteiger partial charge on any atom is -0.381 e. The Morgan fingerprint density at radius 3 is 2.61 bits per heavy atom. The molecule has 1 saturated heterocycles. The van der Waals surface area contributed by atoms with E-state index in [0.29, 0.717) is 13.1 Å². The summed E-state index contributed by atoms with van der Waals surface area (Å²) in [6.45, 7) is 2.81. The maximum Gasteiger partial charge on any atom is 0.191 e. The smallest absolute Gasteiger partial charge is 0.191 e. The van der Waals surface area contributed by atoms with Gasteiger partial charge in [-0.3, -0.25) is 4.99 Å². The number of benzene rings is 1. The van der Waals surface area contributed by atoms with Crippen LogP contribution in [0.2, 0.25) is 5.02 Å². The highest BCUT2D eigenvalue weighted by molar-refractivity contribution is 14.0. The summed E-state index contributed by atoms with van der Waals surface area (Å²) in [6.07, 6.45) is 1.77. The average molecular weight is 454 g/mol. The van der Waals surface area contributed by atoms with Gasteiger partial charge in [-0.2, -0.15) is 0 Å². The first-order valence-corrected chi connectivity index (χ1v) is 7.88. The molecule has 0 radical (unpaired) electrons. The van der Waals surface area contributed by atoms with Gasteiger partial charge in [0.15, 0.2) is 5.96 Å². The molecule has 1 aromatic carbocycles. The fraction of sp³-hybridized carbons (Fsp3) is 0.562. The van der Waals surface area contributed by atoms with Crippen molar-refractivity contribution in [2.75, 3.05) is 33.9 Å². The summed E-state index contributed by atoms with van der Waals surface area (Å²) in [7, 11) is 3.51. The lowest BCUT2D eigenvalue weighted by atomic mass is 9.94. The van der Waals surface area contributed by atoms with Crippen LogP contribution < -0.4 is 10.6 Å². The van der Waals surface area contributed by atoms with Crippen LogP contribution in [0.1, 0.15) is 18.4 Å². The monoisotopic (exact) mass is 453 g/mol. The van der Waals surface area contributed by atoms with Crippen molar-refractivity contribution in [3.05, 3.63) is 34.9 Å². The van der Waals surface area contributed by atoms with Crippen molar-refractivity contribution in [1.82, 2.24) is 10.6 Å². The highest BCUT2D eigenvalue weighted by atomic mass is 127. The van der Waals surface area contributed by atoms with Gasteiger partial charge in [-0.15, -0.1) is 24.0 Å². The van der Waals surface area contributed by atoms with E-state index in [1.165, 1.54) is 0 Å². The summed E-state index contributed by atoms with van der Waals surface area (Å²) >= 11 is 6.16. The molecule has 0 atom stereocenters. The second-order valence-corrected chi connectivity index (χ2v) is 5.78. The van der Waals surface area contributed by atoms with Crippen molar-refractivity contribution in [1.29, 1.82) is 0 Å². The number of aliphatic imine (C=N–C) groups is 1. The number of guanidine groups is 1. The standard InChI is InChI=1S/C16H24ClN3O2.HI/c1-18-15(19-11-13-5-3-4-6-14(13)17)20-12-16(21-2)7-9-22-10-8-16;/h3-6H,7-12H2,1-2H3,(H2,18,19,20);1H. The highest BCUT2D eigenvalue weighted by Gasteiger charge is 2.32. The molecule has 0 bridgehead atoms. The Bertz CT molecular complexity index is 508. The van der Waals surface area contributed by atoms with Crippen LogP contribution in [0, 0.1) is 0 Å².